The maximum absolute atomic E-state index is 15.0. The van der Waals surface area contributed by atoms with Gasteiger partial charge in [-0.25, -0.2) is 33.3 Å². The van der Waals surface area contributed by atoms with E-state index in [1.54, 1.807) is 30.4 Å². The standard InChI is InChI=1S/C22H18F4N8O2.C4H4O4/c1-11-3-2-4-16(31-11)33-21(36)32-15-6-5-12(7-14(15)23)17-13(20(35)28-9-22(24,25)26)8-34-18(17)19(27)29-10-30-34;5-3(6)1-2-4(7)8/h2-8,10H,9H2,1H3,(H,28,35)(H2,27,29,30)(H2,31,32,33,36);1-2H,(H,5,6)(H,7,8)/b;2-1+. The molecule has 3 aromatic heterocycles. The van der Waals surface area contributed by atoms with Crippen molar-refractivity contribution >= 4 is 46.7 Å². The number of alkyl halides is 3. The minimum Gasteiger partial charge on any atom is -0.478 e. The van der Waals surface area contributed by atoms with Gasteiger partial charge >= 0.3 is 24.1 Å². The molecule has 0 unspecified atom stereocenters. The van der Waals surface area contributed by atoms with E-state index in [0.717, 1.165) is 16.9 Å². The van der Waals surface area contributed by atoms with Crippen LogP contribution >= 0.6 is 0 Å². The van der Waals surface area contributed by atoms with Crippen LogP contribution in [0.1, 0.15) is 16.1 Å². The number of carboxylic acids is 2. The Morgan fingerprint density at radius 2 is 1.73 bits per heavy atom. The summed E-state index contributed by atoms with van der Waals surface area (Å²) >= 11 is 0. The number of anilines is 3. The van der Waals surface area contributed by atoms with Crippen LogP contribution in [0.5, 0.6) is 0 Å². The van der Waals surface area contributed by atoms with Gasteiger partial charge in [0.05, 0.1) is 11.3 Å². The number of hydrogen-bond donors (Lipinski definition) is 6. The minimum absolute atomic E-state index is 0.0200. The lowest BCUT2D eigenvalue weighted by Gasteiger charge is -2.11. The molecule has 44 heavy (non-hydrogen) atoms. The van der Waals surface area contributed by atoms with Gasteiger partial charge in [0.25, 0.3) is 5.91 Å². The van der Waals surface area contributed by atoms with E-state index in [2.05, 4.69) is 25.7 Å². The molecule has 0 radical (unpaired) electrons. The zero-order valence-corrected chi connectivity index (χ0v) is 22.4. The third-order valence-corrected chi connectivity index (χ3v) is 5.30. The van der Waals surface area contributed by atoms with Crippen LogP contribution in [0.3, 0.4) is 0 Å². The number of rotatable bonds is 7. The second kappa shape index (κ2) is 13.7. The van der Waals surface area contributed by atoms with E-state index in [-0.39, 0.29) is 39.5 Å². The van der Waals surface area contributed by atoms with Crippen molar-refractivity contribution in [3.8, 4) is 11.1 Å². The van der Waals surface area contributed by atoms with Gasteiger partial charge in [0.2, 0.25) is 0 Å². The van der Waals surface area contributed by atoms with Crippen LogP contribution < -0.4 is 21.7 Å². The summed E-state index contributed by atoms with van der Waals surface area (Å²) in [4.78, 5) is 51.9. The number of pyridine rings is 1. The molecule has 3 heterocycles. The monoisotopic (exact) mass is 618 g/mol. The summed E-state index contributed by atoms with van der Waals surface area (Å²) in [6.45, 7) is 0.170. The zero-order valence-electron chi connectivity index (χ0n) is 22.4. The Kier molecular flexibility index (Phi) is 10.1. The Balaban J connectivity index is 0.000000583. The molecule has 230 valence electrons. The van der Waals surface area contributed by atoms with Crippen molar-refractivity contribution < 1.29 is 47.0 Å². The van der Waals surface area contributed by atoms with Gasteiger partial charge in [-0.05, 0) is 36.8 Å². The zero-order chi connectivity index (χ0) is 32.6. The molecule has 1 aromatic carbocycles. The maximum atomic E-state index is 15.0. The van der Waals surface area contributed by atoms with Crippen LogP contribution in [-0.2, 0) is 9.59 Å². The Labute approximate surface area is 244 Å². The summed E-state index contributed by atoms with van der Waals surface area (Å²) in [7, 11) is 0. The summed E-state index contributed by atoms with van der Waals surface area (Å²) in [5.41, 5.74) is 6.38. The third kappa shape index (κ3) is 8.96. The van der Waals surface area contributed by atoms with Crippen LogP contribution in [0.25, 0.3) is 16.6 Å². The largest absolute Gasteiger partial charge is 0.478 e. The number of aromatic nitrogens is 4. The van der Waals surface area contributed by atoms with E-state index in [1.165, 1.54) is 18.3 Å². The fourth-order valence-electron chi connectivity index (χ4n) is 3.57. The lowest BCUT2D eigenvalue weighted by atomic mass is 10.0. The fourth-order valence-corrected chi connectivity index (χ4v) is 3.57. The van der Waals surface area contributed by atoms with E-state index >= 15 is 0 Å². The fraction of sp³-hybridized carbons (Fsp3) is 0.115. The smallest absolute Gasteiger partial charge is 0.405 e. The Morgan fingerprint density at radius 1 is 1.05 bits per heavy atom. The van der Waals surface area contributed by atoms with Crippen molar-refractivity contribution in [1.82, 2.24) is 24.9 Å². The average molecular weight is 619 g/mol. The summed E-state index contributed by atoms with van der Waals surface area (Å²) in [5.74, 6) is -4.28. The molecule has 3 amide bonds. The number of fused-ring (bicyclic) bond motifs is 1. The van der Waals surface area contributed by atoms with Gasteiger partial charge in [-0.3, -0.25) is 10.1 Å². The molecule has 14 nitrogen and oxygen atoms in total. The molecule has 7 N–H and O–H groups in total. The highest BCUT2D eigenvalue weighted by Crippen LogP contribution is 2.34. The number of nitrogen functional groups attached to an aromatic ring is 1. The van der Waals surface area contributed by atoms with E-state index in [9.17, 15) is 36.7 Å². The number of aryl methyl sites for hydroxylation is 1. The van der Waals surface area contributed by atoms with Crippen LogP contribution in [0.2, 0.25) is 0 Å². The van der Waals surface area contributed by atoms with Crippen molar-refractivity contribution in [2.24, 2.45) is 0 Å². The molecule has 0 saturated carbocycles. The van der Waals surface area contributed by atoms with Crippen LogP contribution in [0.4, 0.5) is 39.7 Å². The quantitative estimate of drug-likeness (QED) is 0.131. The molecule has 0 aliphatic rings. The molecular formula is C26H22F4N8O6. The van der Waals surface area contributed by atoms with Gasteiger partial charge < -0.3 is 26.6 Å². The van der Waals surface area contributed by atoms with Crippen molar-refractivity contribution in [1.29, 1.82) is 0 Å². The number of nitrogens with one attached hydrogen (secondary N) is 3. The van der Waals surface area contributed by atoms with Gasteiger partial charge in [0.15, 0.2) is 5.82 Å². The number of carbonyl (C=O) groups excluding carboxylic acids is 2. The predicted molar refractivity (Wildman–Crippen MR) is 147 cm³/mol. The van der Waals surface area contributed by atoms with E-state index in [0.29, 0.717) is 17.8 Å². The number of nitrogens with two attached hydrogens (primary N) is 1. The van der Waals surface area contributed by atoms with Gasteiger partial charge in [-0.15, -0.1) is 0 Å². The van der Waals surface area contributed by atoms with Gasteiger partial charge in [0.1, 0.15) is 30.0 Å². The molecule has 4 rings (SSSR count). The van der Waals surface area contributed by atoms with Crippen LogP contribution in [-0.4, -0.2) is 66.4 Å². The first-order chi connectivity index (χ1) is 20.6. The van der Waals surface area contributed by atoms with Crippen molar-refractivity contribution in [3.63, 3.8) is 0 Å². The molecule has 4 aromatic rings. The first-order valence-corrected chi connectivity index (χ1v) is 12.1. The Morgan fingerprint density at radius 3 is 2.32 bits per heavy atom. The van der Waals surface area contributed by atoms with Crippen molar-refractivity contribution in [2.75, 3.05) is 22.9 Å². The minimum atomic E-state index is -4.64. The second-order valence-corrected chi connectivity index (χ2v) is 8.60. The molecule has 0 atom stereocenters. The number of nitrogens with zero attached hydrogens (tertiary/aromatic N) is 4. The number of amides is 3. The molecule has 0 aliphatic carbocycles. The van der Waals surface area contributed by atoms with Crippen molar-refractivity contribution in [2.45, 2.75) is 13.1 Å². The predicted octanol–water partition coefficient (Wildman–Crippen LogP) is 3.47. The van der Waals surface area contributed by atoms with Crippen LogP contribution in [0.15, 0.2) is 61.1 Å². The van der Waals surface area contributed by atoms with Crippen molar-refractivity contribution in [3.05, 3.63) is 78.1 Å². The molecular weight excluding hydrogens is 596 g/mol. The SMILES string of the molecule is Cc1cccc(NC(=O)Nc2ccc(-c3c(C(=O)NCC(F)(F)F)cn4ncnc(N)c34)cc2F)n1.O=C(O)/C=C/C(=O)O. The Hall–Kier alpha value is -6.07. The molecule has 0 bridgehead atoms. The highest BCUT2D eigenvalue weighted by atomic mass is 19.4. The number of urea groups is 1. The Bertz CT molecular complexity index is 1740. The normalized spacial score (nSPS) is 11.0. The maximum Gasteiger partial charge on any atom is 0.405 e. The lowest BCUT2D eigenvalue weighted by Crippen LogP contribution is -2.33. The average Bonchev–Trinajstić information content (AvgIpc) is 3.33. The number of carbonyl (C=O) groups is 4. The third-order valence-electron chi connectivity index (χ3n) is 5.30. The number of aliphatic carboxylic acids is 2. The summed E-state index contributed by atoms with van der Waals surface area (Å²) in [5, 5.41) is 26.1. The highest BCUT2D eigenvalue weighted by molar-refractivity contribution is 6.07. The molecule has 0 spiro atoms. The molecule has 18 heteroatoms. The topological polar surface area (TPSA) is 214 Å². The molecule has 0 aliphatic heterocycles. The highest BCUT2D eigenvalue weighted by Gasteiger charge is 2.30. The van der Waals surface area contributed by atoms with Gasteiger partial charge in [0, 0.05) is 29.6 Å². The lowest BCUT2D eigenvalue weighted by molar-refractivity contribution is -0.134. The number of hydrogen-bond acceptors (Lipinski definition) is 8. The second-order valence-electron chi connectivity index (χ2n) is 8.60. The summed E-state index contributed by atoms with van der Waals surface area (Å²) in [6.07, 6.45) is -1.26. The van der Waals surface area contributed by atoms with E-state index < -0.39 is 42.4 Å². The molecule has 0 fully saturated rings. The van der Waals surface area contributed by atoms with Gasteiger partial charge in [-0.1, -0.05) is 12.1 Å². The van der Waals surface area contributed by atoms with Gasteiger partial charge in [-0.2, -0.15) is 18.3 Å². The van der Waals surface area contributed by atoms with E-state index in [1.807, 2.05) is 0 Å². The molecule has 0 saturated heterocycles. The first kappa shape index (κ1) is 32.4. The number of benzene rings is 1. The summed E-state index contributed by atoms with van der Waals surface area (Å²) in [6, 6.07) is 7.83. The van der Waals surface area contributed by atoms with Crippen LogP contribution in [0, 0.1) is 12.7 Å². The first-order valence-electron chi connectivity index (χ1n) is 12.1. The number of halogens is 4. The summed E-state index contributed by atoms with van der Waals surface area (Å²) < 4.78 is 54.0. The van der Waals surface area contributed by atoms with E-state index in [4.69, 9.17) is 15.9 Å². The number of carboxylic acid groups (broad SMARTS) is 2.